The van der Waals surface area contributed by atoms with Gasteiger partial charge in [0.25, 0.3) is 0 Å². The van der Waals surface area contributed by atoms with Gasteiger partial charge in [-0.05, 0) is 49.2 Å². The van der Waals surface area contributed by atoms with E-state index in [0.717, 1.165) is 23.2 Å². The van der Waals surface area contributed by atoms with Crippen LogP contribution in [0.5, 0.6) is 5.75 Å². The van der Waals surface area contributed by atoms with Gasteiger partial charge in [0.1, 0.15) is 5.75 Å². The second-order valence-corrected chi connectivity index (χ2v) is 6.04. The van der Waals surface area contributed by atoms with Crippen molar-refractivity contribution in [2.24, 2.45) is 0 Å². The molecule has 2 nitrogen and oxygen atoms in total. The number of benzene rings is 2. The van der Waals surface area contributed by atoms with E-state index in [-0.39, 0.29) is 0 Å². The lowest BCUT2D eigenvalue weighted by Crippen LogP contribution is -2.23. The summed E-state index contributed by atoms with van der Waals surface area (Å²) in [6, 6.07) is 15.2. The van der Waals surface area contributed by atoms with Gasteiger partial charge in [-0.3, -0.25) is 0 Å². The summed E-state index contributed by atoms with van der Waals surface area (Å²) < 4.78 is 6.46. The minimum Gasteiger partial charge on any atom is -0.497 e. The number of aryl methyl sites for hydroxylation is 1. The van der Waals surface area contributed by atoms with Gasteiger partial charge in [-0.15, -0.1) is 0 Å². The standard InChI is InChI=1S/C18H22BrNO/c1-4-20-18(14-7-5-13(2)6-8-14)12-15-11-16(21-3)9-10-17(15)19/h5-11,18,20H,4,12H2,1-3H3. The van der Waals surface area contributed by atoms with E-state index in [1.807, 2.05) is 12.1 Å². The molecule has 2 rings (SSSR count). The molecule has 0 saturated carbocycles. The Morgan fingerprint density at radius 3 is 2.48 bits per heavy atom. The zero-order valence-corrected chi connectivity index (χ0v) is 14.4. The number of hydrogen-bond donors (Lipinski definition) is 1. The van der Waals surface area contributed by atoms with Gasteiger partial charge >= 0.3 is 0 Å². The van der Waals surface area contributed by atoms with Gasteiger partial charge in [0, 0.05) is 10.5 Å². The minimum atomic E-state index is 0.305. The van der Waals surface area contributed by atoms with E-state index in [4.69, 9.17) is 4.74 Å². The monoisotopic (exact) mass is 347 g/mol. The number of hydrogen-bond acceptors (Lipinski definition) is 2. The first-order valence-corrected chi connectivity index (χ1v) is 8.05. The van der Waals surface area contributed by atoms with Crippen LogP contribution in [-0.2, 0) is 6.42 Å². The molecule has 0 amide bonds. The molecular weight excluding hydrogens is 326 g/mol. The Hall–Kier alpha value is -1.32. The summed E-state index contributed by atoms with van der Waals surface area (Å²) in [5, 5.41) is 3.57. The molecule has 0 spiro atoms. The molecule has 3 heteroatoms. The highest BCUT2D eigenvalue weighted by Crippen LogP contribution is 2.27. The first-order valence-electron chi connectivity index (χ1n) is 7.26. The number of nitrogens with one attached hydrogen (secondary N) is 1. The van der Waals surface area contributed by atoms with Crippen LogP contribution in [0.3, 0.4) is 0 Å². The zero-order valence-electron chi connectivity index (χ0n) is 12.8. The van der Waals surface area contributed by atoms with Crippen LogP contribution in [-0.4, -0.2) is 13.7 Å². The number of likely N-dealkylation sites (N-methyl/N-ethyl adjacent to an activating group) is 1. The third-order valence-electron chi connectivity index (χ3n) is 3.61. The van der Waals surface area contributed by atoms with Crippen LogP contribution in [0.25, 0.3) is 0 Å². The van der Waals surface area contributed by atoms with Gasteiger partial charge in [0.2, 0.25) is 0 Å². The van der Waals surface area contributed by atoms with Crippen molar-refractivity contribution >= 4 is 15.9 Å². The molecule has 0 fully saturated rings. The quantitative estimate of drug-likeness (QED) is 0.820. The van der Waals surface area contributed by atoms with Crippen LogP contribution in [0.15, 0.2) is 46.9 Å². The number of methoxy groups -OCH3 is 1. The van der Waals surface area contributed by atoms with Crippen LogP contribution in [0.1, 0.15) is 29.7 Å². The Morgan fingerprint density at radius 2 is 1.86 bits per heavy atom. The van der Waals surface area contributed by atoms with Crippen molar-refractivity contribution < 1.29 is 4.74 Å². The maximum Gasteiger partial charge on any atom is 0.119 e. The highest BCUT2D eigenvalue weighted by atomic mass is 79.9. The maximum absolute atomic E-state index is 5.33. The maximum atomic E-state index is 5.33. The summed E-state index contributed by atoms with van der Waals surface area (Å²) in [6.07, 6.45) is 0.925. The second-order valence-electron chi connectivity index (χ2n) is 5.18. The molecule has 112 valence electrons. The normalized spacial score (nSPS) is 12.2. The summed E-state index contributed by atoms with van der Waals surface area (Å²) in [6.45, 7) is 5.20. The van der Waals surface area contributed by atoms with Crippen molar-refractivity contribution in [2.75, 3.05) is 13.7 Å². The lowest BCUT2D eigenvalue weighted by Gasteiger charge is -2.20. The summed E-state index contributed by atoms with van der Waals surface area (Å²) in [5.74, 6) is 0.896. The first-order chi connectivity index (χ1) is 10.1. The number of ether oxygens (including phenoxy) is 1. The molecule has 1 unspecified atom stereocenters. The van der Waals surface area contributed by atoms with Crippen LogP contribution in [0.4, 0.5) is 0 Å². The average molecular weight is 348 g/mol. The summed E-state index contributed by atoms with van der Waals surface area (Å²) in [5.41, 5.74) is 3.86. The van der Waals surface area contributed by atoms with Crippen LogP contribution in [0, 0.1) is 6.92 Å². The van der Waals surface area contributed by atoms with Gasteiger partial charge in [-0.2, -0.15) is 0 Å². The zero-order chi connectivity index (χ0) is 15.2. The van der Waals surface area contributed by atoms with Crippen LogP contribution < -0.4 is 10.1 Å². The van der Waals surface area contributed by atoms with Gasteiger partial charge in [-0.1, -0.05) is 52.7 Å². The molecule has 0 radical (unpaired) electrons. The highest BCUT2D eigenvalue weighted by Gasteiger charge is 2.13. The largest absolute Gasteiger partial charge is 0.497 e. The van der Waals surface area contributed by atoms with Crippen LogP contribution >= 0.6 is 15.9 Å². The molecule has 0 aliphatic carbocycles. The predicted molar refractivity (Wildman–Crippen MR) is 92.0 cm³/mol. The average Bonchev–Trinajstić information content (AvgIpc) is 2.49. The van der Waals surface area contributed by atoms with Crippen LogP contribution in [0.2, 0.25) is 0 Å². The van der Waals surface area contributed by atoms with Gasteiger partial charge < -0.3 is 10.1 Å². The topological polar surface area (TPSA) is 21.3 Å². The van der Waals surface area contributed by atoms with E-state index in [9.17, 15) is 0 Å². The van der Waals surface area contributed by atoms with Crippen molar-refractivity contribution in [2.45, 2.75) is 26.3 Å². The molecule has 0 heterocycles. The first kappa shape index (κ1) is 16.1. The fourth-order valence-corrected chi connectivity index (χ4v) is 2.82. The van der Waals surface area contributed by atoms with E-state index in [0.29, 0.717) is 6.04 Å². The van der Waals surface area contributed by atoms with E-state index < -0.39 is 0 Å². The number of halogens is 1. The molecule has 1 N–H and O–H groups in total. The smallest absolute Gasteiger partial charge is 0.119 e. The third kappa shape index (κ3) is 4.32. The van der Waals surface area contributed by atoms with Crippen molar-refractivity contribution in [1.29, 1.82) is 0 Å². The Kier molecular flexibility index (Phi) is 5.83. The summed E-state index contributed by atoms with van der Waals surface area (Å²) in [4.78, 5) is 0. The van der Waals surface area contributed by atoms with Crippen molar-refractivity contribution in [3.05, 3.63) is 63.6 Å². The van der Waals surface area contributed by atoms with Crippen molar-refractivity contribution in [1.82, 2.24) is 5.32 Å². The Morgan fingerprint density at radius 1 is 1.14 bits per heavy atom. The van der Waals surface area contributed by atoms with E-state index in [1.165, 1.54) is 16.7 Å². The van der Waals surface area contributed by atoms with Crippen molar-refractivity contribution in [3.63, 3.8) is 0 Å². The SMILES string of the molecule is CCNC(Cc1cc(OC)ccc1Br)c1ccc(C)cc1. The molecular formula is C18H22BrNO. The molecule has 0 aromatic heterocycles. The Labute approximate surface area is 135 Å². The fraction of sp³-hybridized carbons (Fsp3) is 0.333. The van der Waals surface area contributed by atoms with Crippen molar-refractivity contribution in [3.8, 4) is 5.75 Å². The molecule has 0 aliphatic rings. The molecule has 0 saturated heterocycles. The van der Waals surface area contributed by atoms with Gasteiger partial charge in [-0.25, -0.2) is 0 Å². The Bertz CT molecular complexity index is 580. The Balaban J connectivity index is 2.25. The number of rotatable bonds is 6. The molecule has 0 bridgehead atoms. The van der Waals surface area contributed by atoms with Gasteiger partial charge in [0.05, 0.1) is 7.11 Å². The minimum absolute atomic E-state index is 0.305. The summed E-state index contributed by atoms with van der Waals surface area (Å²) >= 11 is 3.64. The predicted octanol–water partition coefficient (Wildman–Crippen LogP) is 4.66. The molecule has 1 atom stereocenters. The molecule has 2 aromatic rings. The van der Waals surface area contributed by atoms with E-state index >= 15 is 0 Å². The molecule has 2 aromatic carbocycles. The second kappa shape index (κ2) is 7.62. The third-order valence-corrected chi connectivity index (χ3v) is 4.38. The molecule has 0 aliphatic heterocycles. The lowest BCUT2D eigenvalue weighted by atomic mass is 9.98. The summed E-state index contributed by atoms with van der Waals surface area (Å²) in [7, 11) is 1.70. The fourth-order valence-electron chi connectivity index (χ4n) is 2.41. The lowest BCUT2D eigenvalue weighted by molar-refractivity contribution is 0.413. The van der Waals surface area contributed by atoms with E-state index in [2.05, 4.69) is 65.4 Å². The highest BCUT2D eigenvalue weighted by molar-refractivity contribution is 9.10. The van der Waals surface area contributed by atoms with Gasteiger partial charge in [0.15, 0.2) is 0 Å². The van der Waals surface area contributed by atoms with E-state index in [1.54, 1.807) is 7.11 Å². The molecule has 21 heavy (non-hydrogen) atoms.